The zero-order valence-electron chi connectivity index (χ0n) is 9.98. The molecule has 0 heterocycles. The van der Waals surface area contributed by atoms with Gasteiger partial charge in [-0.3, -0.25) is 0 Å². The molecule has 0 aliphatic heterocycles. The molecule has 0 N–H and O–H groups in total. The van der Waals surface area contributed by atoms with Crippen molar-refractivity contribution in [3.63, 3.8) is 0 Å². The van der Waals surface area contributed by atoms with Gasteiger partial charge >= 0.3 is 5.97 Å². The maximum absolute atomic E-state index is 11.4. The maximum atomic E-state index is 11.4. The van der Waals surface area contributed by atoms with Crippen molar-refractivity contribution >= 4 is 11.5 Å². The van der Waals surface area contributed by atoms with Gasteiger partial charge in [-0.2, -0.15) is 5.26 Å². The van der Waals surface area contributed by atoms with Crippen molar-refractivity contribution in [2.45, 2.75) is 6.92 Å². The molecule has 0 unspecified atom stereocenters. The predicted molar refractivity (Wildman–Crippen MR) is 63.2 cm³/mol. The number of hydrogen-bond acceptors (Lipinski definition) is 4. The third kappa shape index (κ3) is 2.85. The van der Waals surface area contributed by atoms with Crippen molar-refractivity contribution in [3.05, 3.63) is 35.4 Å². The summed E-state index contributed by atoms with van der Waals surface area (Å²) in [5.74, 6) is 0.0962. The van der Waals surface area contributed by atoms with Crippen molar-refractivity contribution in [1.82, 2.24) is 0 Å². The van der Waals surface area contributed by atoms with E-state index in [1.807, 2.05) is 6.07 Å². The Morgan fingerprint density at radius 2 is 1.82 bits per heavy atom. The van der Waals surface area contributed by atoms with Crippen LogP contribution in [0.1, 0.15) is 12.5 Å². The zero-order valence-corrected chi connectivity index (χ0v) is 9.98. The third-order valence-corrected chi connectivity index (χ3v) is 2.40. The first kappa shape index (κ1) is 12.8. The second-order valence-corrected chi connectivity index (χ2v) is 3.33. The van der Waals surface area contributed by atoms with Gasteiger partial charge in [0.2, 0.25) is 0 Å². The Bertz CT molecular complexity index is 480. The molecule has 0 aliphatic rings. The van der Waals surface area contributed by atoms with Gasteiger partial charge in [0.15, 0.2) is 0 Å². The average Bonchev–Trinajstić information content (AvgIpc) is 2.39. The van der Waals surface area contributed by atoms with Crippen LogP contribution in [-0.2, 0) is 9.53 Å². The Labute approximate surface area is 100 Å². The molecule has 88 valence electrons. The van der Waals surface area contributed by atoms with Crippen LogP contribution in [0.4, 0.5) is 0 Å². The molecule has 4 heteroatoms. The SMILES string of the molecule is COC(=O)/C(C#N)=C(\C)c1ccc(OC)cc1. The fourth-order valence-electron chi connectivity index (χ4n) is 1.37. The van der Waals surface area contributed by atoms with Gasteiger partial charge in [0.1, 0.15) is 17.4 Å². The lowest BCUT2D eigenvalue weighted by Crippen LogP contribution is -2.05. The predicted octanol–water partition coefficient (Wildman–Crippen LogP) is 2.17. The first-order chi connectivity index (χ1) is 8.13. The van der Waals surface area contributed by atoms with Crippen LogP contribution in [0.5, 0.6) is 5.75 Å². The van der Waals surface area contributed by atoms with Gasteiger partial charge in [-0.05, 0) is 30.2 Å². The lowest BCUT2D eigenvalue weighted by molar-refractivity contribution is -0.135. The van der Waals surface area contributed by atoms with Crippen molar-refractivity contribution in [2.75, 3.05) is 14.2 Å². The Hall–Kier alpha value is -2.28. The fourth-order valence-corrected chi connectivity index (χ4v) is 1.37. The molecule has 0 amide bonds. The highest BCUT2D eigenvalue weighted by Crippen LogP contribution is 2.21. The Kier molecular flexibility index (Phi) is 4.29. The van der Waals surface area contributed by atoms with Gasteiger partial charge < -0.3 is 9.47 Å². The summed E-state index contributed by atoms with van der Waals surface area (Å²) in [5, 5.41) is 8.93. The lowest BCUT2D eigenvalue weighted by Gasteiger charge is -2.05. The highest BCUT2D eigenvalue weighted by molar-refractivity contribution is 6.01. The fraction of sp³-hybridized carbons (Fsp3) is 0.231. The van der Waals surface area contributed by atoms with E-state index in [-0.39, 0.29) is 5.57 Å². The molecular formula is C13H13NO3. The van der Waals surface area contributed by atoms with Crippen LogP contribution in [-0.4, -0.2) is 20.2 Å². The number of esters is 1. The van der Waals surface area contributed by atoms with Gasteiger partial charge in [-0.1, -0.05) is 12.1 Å². The number of nitrogens with zero attached hydrogens (tertiary/aromatic N) is 1. The number of nitriles is 1. The van der Waals surface area contributed by atoms with E-state index >= 15 is 0 Å². The highest BCUT2D eigenvalue weighted by Gasteiger charge is 2.13. The maximum Gasteiger partial charge on any atom is 0.348 e. The number of ether oxygens (including phenoxy) is 2. The molecule has 0 saturated heterocycles. The number of allylic oxidation sites excluding steroid dienone is 1. The van der Waals surface area contributed by atoms with E-state index < -0.39 is 5.97 Å². The molecule has 1 aromatic carbocycles. The second-order valence-electron chi connectivity index (χ2n) is 3.33. The summed E-state index contributed by atoms with van der Waals surface area (Å²) in [6, 6.07) is 8.96. The quantitative estimate of drug-likeness (QED) is 0.454. The summed E-state index contributed by atoms with van der Waals surface area (Å²) in [5.41, 5.74) is 1.38. The molecule has 0 radical (unpaired) electrons. The zero-order chi connectivity index (χ0) is 12.8. The van der Waals surface area contributed by atoms with Gasteiger partial charge in [0, 0.05) is 0 Å². The standard InChI is InChI=1S/C13H13NO3/c1-9(12(8-14)13(15)17-3)10-4-6-11(16-2)7-5-10/h4-7H,1-3H3/b12-9+. The molecule has 17 heavy (non-hydrogen) atoms. The first-order valence-electron chi connectivity index (χ1n) is 4.97. The molecule has 0 saturated carbocycles. The number of carbonyl (C=O) groups is 1. The van der Waals surface area contributed by atoms with Gasteiger partial charge in [-0.15, -0.1) is 0 Å². The average molecular weight is 231 g/mol. The smallest absolute Gasteiger partial charge is 0.348 e. The van der Waals surface area contributed by atoms with E-state index in [9.17, 15) is 4.79 Å². The molecule has 0 bridgehead atoms. The lowest BCUT2D eigenvalue weighted by atomic mass is 10.0. The molecule has 1 aromatic rings. The largest absolute Gasteiger partial charge is 0.497 e. The molecule has 4 nitrogen and oxygen atoms in total. The van der Waals surface area contributed by atoms with E-state index in [1.165, 1.54) is 7.11 Å². The van der Waals surface area contributed by atoms with E-state index in [0.29, 0.717) is 5.57 Å². The summed E-state index contributed by atoms with van der Waals surface area (Å²) in [6.45, 7) is 1.71. The van der Waals surface area contributed by atoms with Crippen molar-refractivity contribution in [3.8, 4) is 11.8 Å². The molecule has 0 aliphatic carbocycles. The van der Waals surface area contributed by atoms with E-state index in [0.717, 1.165) is 11.3 Å². The molecule has 0 spiro atoms. The molecule has 1 rings (SSSR count). The van der Waals surface area contributed by atoms with Gasteiger partial charge in [0.25, 0.3) is 0 Å². The van der Waals surface area contributed by atoms with Crippen LogP contribution in [0.25, 0.3) is 5.57 Å². The molecule has 0 fully saturated rings. The van der Waals surface area contributed by atoms with Crippen molar-refractivity contribution < 1.29 is 14.3 Å². The summed E-state index contributed by atoms with van der Waals surface area (Å²) in [6.07, 6.45) is 0. The summed E-state index contributed by atoms with van der Waals surface area (Å²) < 4.78 is 9.58. The van der Waals surface area contributed by atoms with Crippen LogP contribution in [0.2, 0.25) is 0 Å². The van der Waals surface area contributed by atoms with Gasteiger partial charge in [-0.25, -0.2) is 4.79 Å². The Balaban J connectivity index is 3.17. The number of benzene rings is 1. The monoisotopic (exact) mass is 231 g/mol. The molecule has 0 atom stereocenters. The third-order valence-electron chi connectivity index (χ3n) is 2.40. The minimum atomic E-state index is -0.624. The summed E-state index contributed by atoms with van der Waals surface area (Å²) >= 11 is 0. The van der Waals surface area contributed by atoms with E-state index in [1.54, 1.807) is 38.3 Å². The minimum absolute atomic E-state index is 0.0117. The Morgan fingerprint density at radius 1 is 1.24 bits per heavy atom. The highest BCUT2D eigenvalue weighted by atomic mass is 16.5. The molecular weight excluding hydrogens is 218 g/mol. The summed E-state index contributed by atoms with van der Waals surface area (Å²) in [4.78, 5) is 11.4. The van der Waals surface area contributed by atoms with Gasteiger partial charge in [0.05, 0.1) is 14.2 Å². The number of methoxy groups -OCH3 is 2. The van der Waals surface area contributed by atoms with Crippen molar-refractivity contribution in [2.24, 2.45) is 0 Å². The van der Waals surface area contributed by atoms with E-state index in [4.69, 9.17) is 10.00 Å². The Morgan fingerprint density at radius 3 is 2.24 bits per heavy atom. The van der Waals surface area contributed by atoms with Crippen LogP contribution in [0.15, 0.2) is 29.8 Å². The van der Waals surface area contributed by atoms with Crippen LogP contribution < -0.4 is 4.74 Å². The summed E-state index contributed by atoms with van der Waals surface area (Å²) in [7, 11) is 2.83. The van der Waals surface area contributed by atoms with Crippen molar-refractivity contribution in [1.29, 1.82) is 5.26 Å². The number of carbonyl (C=O) groups excluding carboxylic acids is 1. The topological polar surface area (TPSA) is 59.3 Å². The number of hydrogen-bond donors (Lipinski definition) is 0. The second kappa shape index (κ2) is 5.71. The first-order valence-corrected chi connectivity index (χ1v) is 4.97. The normalized spacial score (nSPS) is 11.2. The molecule has 0 aromatic heterocycles. The van der Waals surface area contributed by atoms with Crippen LogP contribution in [0.3, 0.4) is 0 Å². The minimum Gasteiger partial charge on any atom is -0.497 e. The van der Waals surface area contributed by atoms with Crippen LogP contribution >= 0.6 is 0 Å². The number of rotatable bonds is 3. The van der Waals surface area contributed by atoms with Crippen LogP contribution in [0, 0.1) is 11.3 Å². The van der Waals surface area contributed by atoms with E-state index in [2.05, 4.69) is 4.74 Å².